The number of phosphoric ester groups is 1. The number of phosphoric acid groups is 1. The van der Waals surface area contributed by atoms with Gasteiger partial charge in [0.2, 0.25) is 5.91 Å². The van der Waals surface area contributed by atoms with E-state index in [0.29, 0.717) is 17.4 Å². The number of likely N-dealkylation sites (N-methyl/N-ethyl adjacent to an activating group) is 1. The minimum Gasteiger partial charge on any atom is -0.756 e. The molecule has 0 rings (SSSR count). The Balaban J connectivity index is 5.09. The summed E-state index contributed by atoms with van der Waals surface area (Å²) in [6.45, 7) is 6.73. The molecule has 494 valence electrons. The molecule has 0 fully saturated rings. The number of quaternary nitrogens is 1. The van der Waals surface area contributed by atoms with Crippen LogP contribution in [-0.4, -0.2) is 69.4 Å². The van der Waals surface area contributed by atoms with Gasteiger partial charge >= 0.3 is 5.97 Å². The number of amides is 1. The predicted octanol–water partition coefficient (Wildman–Crippen LogP) is 22.3. The van der Waals surface area contributed by atoms with Crippen LogP contribution in [0.15, 0.2) is 85.1 Å². The zero-order valence-electron chi connectivity index (χ0n) is 56.6. The first-order valence-corrected chi connectivity index (χ1v) is 37.4. The summed E-state index contributed by atoms with van der Waals surface area (Å²) in [5, 5.41) is 3.02. The van der Waals surface area contributed by atoms with Crippen LogP contribution in [0.1, 0.15) is 329 Å². The predicted molar refractivity (Wildman–Crippen MR) is 367 cm³/mol. The van der Waals surface area contributed by atoms with Crippen molar-refractivity contribution >= 4 is 19.7 Å². The molecule has 85 heavy (non-hydrogen) atoms. The normalized spacial score (nSPS) is 14.0. The van der Waals surface area contributed by atoms with E-state index in [1.54, 1.807) is 0 Å². The number of nitrogens with zero attached hydrogens (tertiary/aromatic N) is 1. The second-order valence-electron chi connectivity index (χ2n) is 25.4. The molecule has 1 N–H and O–H groups in total. The molecule has 0 aromatic carbocycles. The standard InChI is InChI=1S/C75H137N2O7P/c1-7-10-13-16-19-22-25-28-30-32-34-35-36-37-38-39-40-41-43-45-47-50-53-56-59-62-65-68-75(79)84-73(66-63-60-57-54-51-48-27-24-21-18-15-12-9-3)72(71-83-85(80,81)82-70-69-77(4,5)6)76-74(78)67-64-61-58-55-52-49-46-44-42-33-31-29-26-23-20-17-14-11-8-2/h11,14,20,23,28-31,42,44,49,52,63,66,72-73H,7-10,12-13,15-19,21-22,24-27,32-41,43,45-48,50-51,53-62,64-65,67-71H2,1-6H3,(H-,76,78,80,81)/b14-11-,23-20-,30-28+,31-29-,44-42-,52-49-,66-63-. The molecule has 3 atom stereocenters. The summed E-state index contributed by atoms with van der Waals surface area (Å²) in [5.74, 6) is -0.570. The van der Waals surface area contributed by atoms with Crippen LogP contribution in [0, 0.1) is 0 Å². The van der Waals surface area contributed by atoms with Gasteiger partial charge in [0.05, 0.1) is 33.8 Å². The van der Waals surface area contributed by atoms with Crippen molar-refractivity contribution in [3.8, 4) is 0 Å². The van der Waals surface area contributed by atoms with Crippen molar-refractivity contribution in [1.82, 2.24) is 5.32 Å². The van der Waals surface area contributed by atoms with Gasteiger partial charge in [0.1, 0.15) is 19.3 Å². The Bertz CT molecular complexity index is 1730. The van der Waals surface area contributed by atoms with Gasteiger partial charge in [-0.2, -0.15) is 0 Å². The summed E-state index contributed by atoms with van der Waals surface area (Å²) in [5.41, 5.74) is 0. The topological polar surface area (TPSA) is 114 Å². The van der Waals surface area contributed by atoms with E-state index in [1.165, 1.54) is 199 Å². The van der Waals surface area contributed by atoms with E-state index in [0.717, 1.165) is 89.9 Å². The van der Waals surface area contributed by atoms with Crippen LogP contribution >= 0.6 is 7.82 Å². The first-order valence-electron chi connectivity index (χ1n) is 35.9. The van der Waals surface area contributed by atoms with Crippen molar-refractivity contribution in [1.29, 1.82) is 0 Å². The Labute approximate surface area is 526 Å². The molecule has 9 nitrogen and oxygen atoms in total. The summed E-state index contributed by atoms with van der Waals surface area (Å²) >= 11 is 0. The van der Waals surface area contributed by atoms with Crippen LogP contribution in [0.5, 0.6) is 0 Å². The van der Waals surface area contributed by atoms with Gasteiger partial charge in [0, 0.05) is 12.8 Å². The van der Waals surface area contributed by atoms with Crippen LogP contribution in [0.2, 0.25) is 0 Å². The number of carbonyl (C=O) groups is 2. The average molecular weight is 1210 g/mol. The van der Waals surface area contributed by atoms with Crippen molar-refractivity contribution in [2.45, 2.75) is 341 Å². The maximum atomic E-state index is 13.6. The molecule has 0 saturated heterocycles. The highest BCUT2D eigenvalue weighted by Gasteiger charge is 2.27. The molecular weight excluding hydrogens is 1070 g/mol. The summed E-state index contributed by atoms with van der Waals surface area (Å²) in [6.07, 6.45) is 85.7. The van der Waals surface area contributed by atoms with E-state index in [1.807, 2.05) is 33.3 Å². The number of hydrogen-bond donors (Lipinski definition) is 1. The first kappa shape index (κ1) is 82.2. The lowest BCUT2D eigenvalue weighted by Gasteiger charge is -2.30. The lowest BCUT2D eigenvalue weighted by Crippen LogP contribution is -2.47. The Morgan fingerprint density at radius 1 is 0.424 bits per heavy atom. The zero-order valence-corrected chi connectivity index (χ0v) is 57.4. The molecule has 3 unspecified atom stereocenters. The summed E-state index contributed by atoms with van der Waals surface area (Å²) in [4.78, 5) is 40.2. The number of carbonyl (C=O) groups excluding carboxylic acids is 2. The number of rotatable bonds is 65. The van der Waals surface area contributed by atoms with Crippen molar-refractivity contribution in [3.63, 3.8) is 0 Å². The van der Waals surface area contributed by atoms with Crippen molar-refractivity contribution < 1.29 is 37.3 Å². The highest BCUT2D eigenvalue weighted by Crippen LogP contribution is 2.38. The molecule has 0 aromatic rings. The van der Waals surface area contributed by atoms with Gasteiger partial charge in [0.15, 0.2) is 0 Å². The molecular formula is C75H137N2O7P. The van der Waals surface area contributed by atoms with Gasteiger partial charge in [0.25, 0.3) is 7.82 Å². The fourth-order valence-corrected chi connectivity index (χ4v) is 11.0. The van der Waals surface area contributed by atoms with E-state index < -0.39 is 26.6 Å². The van der Waals surface area contributed by atoms with E-state index >= 15 is 0 Å². The molecule has 10 heteroatoms. The van der Waals surface area contributed by atoms with Crippen LogP contribution < -0.4 is 10.2 Å². The molecule has 0 radical (unpaired) electrons. The molecule has 0 aliphatic rings. The van der Waals surface area contributed by atoms with Crippen LogP contribution in [-0.2, 0) is 27.9 Å². The van der Waals surface area contributed by atoms with Crippen LogP contribution in [0.4, 0.5) is 0 Å². The second kappa shape index (κ2) is 64.2. The fraction of sp³-hybridized carbons (Fsp3) is 0.787. The molecule has 0 saturated carbocycles. The van der Waals surface area contributed by atoms with Gasteiger partial charge in [-0.3, -0.25) is 14.2 Å². The average Bonchev–Trinajstić information content (AvgIpc) is 3.50. The van der Waals surface area contributed by atoms with Gasteiger partial charge < -0.3 is 28.5 Å². The number of esters is 1. The van der Waals surface area contributed by atoms with E-state index in [2.05, 4.69) is 99.0 Å². The Kier molecular flexibility index (Phi) is 62.1. The maximum absolute atomic E-state index is 13.6. The Hall–Kier alpha value is -2.81. The Morgan fingerprint density at radius 2 is 0.753 bits per heavy atom. The summed E-state index contributed by atoms with van der Waals surface area (Å²) < 4.78 is 30.4. The fourth-order valence-electron chi connectivity index (χ4n) is 10.3. The molecule has 0 heterocycles. The lowest BCUT2D eigenvalue weighted by atomic mass is 10.0. The molecule has 0 aromatic heterocycles. The largest absolute Gasteiger partial charge is 0.756 e. The highest BCUT2D eigenvalue weighted by atomic mass is 31.2. The molecule has 0 spiro atoms. The third-order valence-electron chi connectivity index (χ3n) is 15.8. The quantitative estimate of drug-likeness (QED) is 0.0212. The SMILES string of the molecule is CC/C=C\C/C=C\C/C=C\C/C=C\C/C=C\CCCCCC(=O)NC(COP(=O)([O-])OCC[N+](C)(C)C)C(/C=C\CCCCCCCCCCCCC)OC(=O)CCCCCCCCCCCCCCCCCCC/C=C/CCCCCCCC. The van der Waals surface area contributed by atoms with Crippen molar-refractivity contribution in [3.05, 3.63) is 85.1 Å². The minimum absolute atomic E-state index is 0.0311. The molecule has 1 amide bonds. The van der Waals surface area contributed by atoms with E-state index in [9.17, 15) is 19.0 Å². The highest BCUT2D eigenvalue weighted by molar-refractivity contribution is 7.45. The summed E-state index contributed by atoms with van der Waals surface area (Å²) in [7, 11) is 1.16. The number of allylic oxidation sites excluding steroid dienone is 13. The van der Waals surface area contributed by atoms with Gasteiger partial charge in [-0.05, 0) is 102 Å². The number of ether oxygens (including phenoxy) is 1. The van der Waals surface area contributed by atoms with Crippen LogP contribution in [0.3, 0.4) is 0 Å². The lowest BCUT2D eigenvalue weighted by molar-refractivity contribution is -0.870. The zero-order chi connectivity index (χ0) is 62.1. The molecule has 0 bridgehead atoms. The molecule has 0 aliphatic carbocycles. The van der Waals surface area contributed by atoms with Crippen LogP contribution in [0.25, 0.3) is 0 Å². The number of nitrogens with one attached hydrogen (secondary N) is 1. The van der Waals surface area contributed by atoms with Gasteiger partial charge in [-0.15, -0.1) is 0 Å². The first-order chi connectivity index (χ1) is 41.4. The van der Waals surface area contributed by atoms with Crippen molar-refractivity contribution in [2.24, 2.45) is 0 Å². The monoisotopic (exact) mass is 1210 g/mol. The van der Waals surface area contributed by atoms with Gasteiger partial charge in [-0.1, -0.05) is 299 Å². The third kappa shape index (κ3) is 65.5. The van der Waals surface area contributed by atoms with Gasteiger partial charge in [-0.25, -0.2) is 0 Å². The maximum Gasteiger partial charge on any atom is 0.306 e. The minimum atomic E-state index is -4.72. The summed E-state index contributed by atoms with van der Waals surface area (Å²) in [6, 6.07) is -0.910. The molecule has 0 aliphatic heterocycles. The smallest absolute Gasteiger partial charge is 0.306 e. The number of unbranched alkanes of at least 4 members (excludes halogenated alkanes) is 37. The number of hydrogen-bond acceptors (Lipinski definition) is 7. The Morgan fingerprint density at radius 3 is 1.15 bits per heavy atom. The second-order valence-corrected chi connectivity index (χ2v) is 26.8. The van der Waals surface area contributed by atoms with Crippen molar-refractivity contribution in [2.75, 3.05) is 40.9 Å². The van der Waals surface area contributed by atoms with E-state index in [-0.39, 0.29) is 31.3 Å². The third-order valence-corrected chi connectivity index (χ3v) is 16.8. The van der Waals surface area contributed by atoms with E-state index in [4.69, 9.17) is 13.8 Å².